The Morgan fingerprint density at radius 1 is 0.920 bits per heavy atom. The largest absolute Gasteiger partial charge is 0.338 e. The first-order valence-electron chi connectivity index (χ1n) is 7.63. The number of amides is 1. The zero-order chi connectivity index (χ0) is 17.6. The second-order valence-corrected chi connectivity index (χ2v) is 5.35. The molecule has 0 atom stereocenters. The molecule has 0 fully saturated rings. The Morgan fingerprint density at radius 3 is 2.32 bits per heavy atom. The van der Waals surface area contributed by atoms with Gasteiger partial charge in [-0.05, 0) is 35.9 Å². The number of carbonyl (C=O) groups excluding carboxylic acids is 1. The fourth-order valence-electron chi connectivity index (χ4n) is 2.26. The first-order valence-corrected chi connectivity index (χ1v) is 7.63. The van der Waals surface area contributed by atoms with Gasteiger partial charge < -0.3 is 10.6 Å². The first kappa shape index (κ1) is 16.6. The van der Waals surface area contributed by atoms with Crippen LogP contribution >= 0.6 is 0 Å². The Labute approximate surface area is 143 Å². The van der Waals surface area contributed by atoms with Gasteiger partial charge in [-0.25, -0.2) is 13.8 Å². The molecule has 0 spiro atoms. The highest BCUT2D eigenvalue weighted by atomic mass is 19.1. The normalized spacial score (nSPS) is 10.3. The Hall–Kier alpha value is -3.28. The summed E-state index contributed by atoms with van der Waals surface area (Å²) in [5.41, 5.74) is 1.11. The second-order valence-electron chi connectivity index (χ2n) is 5.35. The maximum atomic E-state index is 13.6. The van der Waals surface area contributed by atoms with Crippen LogP contribution in [0.4, 0.5) is 26.0 Å². The first-order chi connectivity index (χ1) is 12.1. The average molecular weight is 339 g/mol. The van der Waals surface area contributed by atoms with E-state index in [1.807, 2.05) is 0 Å². The molecule has 0 saturated heterocycles. The van der Waals surface area contributed by atoms with Gasteiger partial charge in [0, 0.05) is 0 Å². The summed E-state index contributed by atoms with van der Waals surface area (Å²) in [4.78, 5) is 16.1. The molecule has 1 aromatic heterocycles. The monoisotopic (exact) mass is 339 g/mol. The van der Waals surface area contributed by atoms with E-state index >= 15 is 0 Å². The minimum Gasteiger partial charge on any atom is -0.338 e. The van der Waals surface area contributed by atoms with Crippen LogP contribution in [0.25, 0.3) is 0 Å². The standard InChI is InChI=1S/C19H15F2N3O/c20-15-6-2-1-5-13(15)11-19(25)23-14-9-10-18(22-12-14)24-17-8-4-3-7-16(17)21/h1-10,12H,11H2,(H,22,24)(H,23,25). The number of nitrogens with zero attached hydrogens (tertiary/aromatic N) is 1. The van der Waals surface area contributed by atoms with Crippen molar-refractivity contribution in [3.8, 4) is 0 Å². The van der Waals surface area contributed by atoms with Gasteiger partial charge in [0.1, 0.15) is 17.5 Å². The lowest BCUT2D eigenvalue weighted by Crippen LogP contribution is -2.15. The van der Waals surface area contributed by atoms with Crippen LogP contribution in [0.1, 0.15) is 5.56 Å². The van der Waals surface area contributed by atoms with Gasteiger partial charge in [0.05, 0.1) is 24.0 Å². The van der Waals surface area contributed by atoms with Crippen molar-refractivity contribution in [2.75, 3.05) is 10.6 Å². The number of hydrogen-bond donors (Lipinski definition) is 2. The van der Waals surface area contributed by atoms with E-state index in [4.69, 9.17) is 0 Å². The minimum absolute atomic E-state index is 0.0676. The topological polar surface area (TPSA) is 54.0 Å². The maximum absolute atomic E-state index is 13.6. The van der Waals surface area contributed by atoms with Crippen LogP contribution in [-0.4, -0.2) is 10.9 Å². The fourth-order valence-corrected chi connectivity index (χ4v) is 2.26. The van der Waals surface area contributed by atoms with Crippen LogP contribution in [0, 0.1) is 11.6 Å². The highest BCUT2D eigenvalue weighted by Gasteiger charge is 2.08. The molecule has 0 bridgehead atoms. The van der Waals surface area contributed by atoms with Crippen LogP contribution in [-0.2, 0) is 11.2 Å². The van der Waals surface area contributed by atoms with E-state index in [9.17, 15) is 13.6 Å². The molecule has 0 aliphatic carbocycles. The molecule has 0 unspecified atom stereocenters. The highest BCUT2D eigenvalue weighted by molar-refractivity contribution is 5.92. The summed E-state index contributed by atoms with van der Waals surface area (Å²) in [5.74, 6) is -0.703. The van der Waals surface area contributed by atoms with Gasteiger partial charge >= 0.3 is 0 Å². The molecule has 3 rings (SSSR count). The Bertz CT molecular complexity index is 882. The van der Waals surface area contributed by atoms with Crippen molar-refractivity contribution in [1.29, 1.82) is 0 Å². The van der Waals surface area contributed by atoms with Crippen molar-refractivity contribution in [1.82, 2.24) is 4.98 Å². The number of hydrogen-bond acceptors (Lipinski definition) is 3. The number of aromatic nitrogens is 1. The van der Waals surface area contributed by atoms with Crippen LogP contribution in [0.5, 0.6) is 0 Å². The lowest BCUT2D eigenvalue weighted by molar-refractivity contribution is -0.115. The second kappa shape index (κ2) is 7.53. The van der Waals surface area contributed by atoms with Crippen molar-refractivity contribution < 1.29 is 13.6 Å². The Morgan fingerprint density at radius 2 is 1.64 bits per heavy atom. The van der Waals surface area contributed by atoms with E-state index in [-0.39, 0.29) is 18.1 Å². The predicted molar refractivity (Wildman–Crippen MR) is 92.7 cm³/mol. The van der Waals surface area contributed by atoms with E-state index in [0.29, 0.717) is 22.8 Å². The number of pyridine rings is 1. The van der Waals surface area contributed by atoms with E-state index in [1.165, 1.54) is 18.3 Å². The summed E-state index contributed by atoms with van der Waals surface area (Å²) in [6, 6.07) is 15.6. The lowest BCUT2D eigenvalue weighted by Gasteiger charge is -2.09. The molecular formula is C19H15F2N3O. The average Bonchev–Trinajstić information content (AvgIpc) is 2.61. The van der Waals surface area contributed by atoms with Crippen molar-refractivity contribution in [3.05, 3.63) is 84.1 Å². The predicted octanol–water partition coefficient (Wildman–Crippen LogP) is 4.28. The summed E-state index contributed by atoms with van der Waals surface area (Å²) in [5, 5.41) is 5.50. The molecule has 2 aromatic carbocycles. The third-order valence-corrected chi connectivity index (χ3v) is 3.49. The zero-order valence-electron chi connectivity index (χ0n) is 13.2. The highest BCUT2D eigenvalue weighted by Crippen LogP contribution is 2.19. The molecule has 0 radical (unpaired) electrons. The zero-order valence-corrected chi connectivity index (χ0v) is 13.2. The molecule has 1 amide bonds. The van der Waals surface area contributed by atoms with E-state index in [2.05, 4.69) is 15.6 Å². The van der Waals surface area contributed by atoms with Gasteiger partial charge in [-0.3, -0.25) is 4.79 Å². The SMILES string of the molecule is O=C(Cc1ccccc1F)Nc1ccc(Nc2ccccc2F)nc1. The number of nitrogens with one attached hydrogen (secondary N) is 2. The van der Waals surface area contributed by atoms with E-state index in [1.54, 1.807) is 48.5 Å². The van der Waals surface area contributed by atoms with Gasteiger partial charge in [0.2, 0.25) is 5.91 Å². The summed E-state index contributed by atoms with van der Waals surface area (Å²) in [7, 11) is 0. The summed E-state index contributed by atoms with van der Waals surface area (Å²) < 4.78 is 27.1. The number of benzene rings is 2. The Kier molecular flexibility index (Phi) is 4.99. The molecule has 25 heavy (non-hydrogen) atoms. The van der Waals surface area contributed by atoms with Crippen molar-refractivity contribution in [2.45, 2.75) is 6.42 Å². The van der Waals surface area contributed by atoms with Crippen molar-refractivity contribution in [2.24, 2.45) is 0 Å². The summed E-state index contributed by atoms with van der Waals surface area (Å²) >= 11 is 0. The number of anilines is 3. The lowest BCUT2D eigenvalue weighted by atomic mass is 10.1. The molecule has 0 aliphatic rings. The van der Waals surface area contributed by atoms with Gasteiger partial charge in [0.15, 0.2) is 0 Å². The van der Waals surface area contributed by atoms with Gasteiger partial charge in [-0.1, -0.05) is 30.3 Å². The number of halogens is 2. The molecule has 0 aliphatic heterocycles. The number of rotatable bonds is 5. The molecule has 2 N–H and O–H groups in total. The van der Waals surface area contributed by atoms with Gasteiger partial charge in [0.25, 0.3) is 0 Å². The molecule has 4 nitrogen and oxygen atoms in total. The smallest absolute Gasteiger partial charge is 0.228 e. The Balaban J connectivity index is 1.62. The molecule has 0 saturated carbocycles. The van der Waals surface area contributed by atoms with Gasteiger partial charge in [-0.15, -0.1) is 0 Å². The van der Waals surface area contributed by atoms with Crippen molar-refractivity contribution >= 4 is 23.1 Å². The van der Waals surface area contributed by atoms with E-state index < -0.39 is 5.82 Å². The fraction of sp³-hybridized carbons (Fsp3) is 0.0526. The molecule has 1 heterocycles. The number of carbonyl (C=O) groups is 1. The van der Waals surface area contributed by atoms with Gasteiger partial charge in [-0.2, -0.15) is 0 Å². The molecule has 6 heteroatoms. The molecule has 3 aromatic rings. The van der Waals surface area contributed by atoms with E-state index in [0.717, 1.165) is 0 Å². The van der Waals surface area contributed by atoms with Crippen LogP contribution in [0.2, 0.25) is 0 Å². The quantitative estimate of drug-likeness (QED) is 0.729. The minimum atomic E-state index is -0.416. The third-order valence-electron chi connectivity index (χ3n) is 3.49. The van der Waals surface area contributed by atoms with Crippen LogP contribution < -0.4 is 10.6 Å². The molecular weight excluding hydrogens is 324 g/mol. The third kappa shape index (κ3) is 4.38. The number of para-hydroxylation sites is 1. The van der Waals surface area contributed by atoms with Crippen LogP contribution in [0.3, 0.4) is 0 Å². The maximum Gasteiger partial charge on any atom is 0.228 e. The van der Waals surface area contributed by atoms with Crippen molar-refractivity contribution in [3.63, 3.8) is 0 Å². The summed E-state index contributed by atoms with van der Waals surface area (Å²) in [6.07, 6.45) is 1.38. The van der Waals surface area contributed by atoms with Crippen LogP contribution in [0.15, 0.2) is 66.9 Å². The summed E-state index contributed by atoms with van der Waals surface area (Å²) in [6.45, 7) is 0. The molecule has 126 valence electrons.